The summed E-state index contributed by atoms with van der Waals surface area (Å²) in [4.78, 5) is 17.0. The van der Waals surface area contributed by atoms with Crippen LogP contribution in [-0.4, -0.2) is 30.2 Å². The van der Waals surface area contributed by atoms with Crippen molar-refractivity contribution in [3.63, 3.8) is 0 Å². The molecule has 30 heavy (non-hydrogen) atoms. The molecule has 1 aliphatic rings. The molecule has 156 valence electrons. The van der Waals surface area contributed by atoms with E-state index in [-0.39, 0.29) is 12.0 Å². The maximum Gasteiger partial charge on any atom is 0.255 e. The molecule has 0 bridgehead atoms. The van der Waals surface area contributed by atoms with Crippen LogP contribution in [0.5, 0.6) is 11.5 Å². The number of rotatable bonds is 8. The van der Waals surface area contributed by atoms with Gasteiger partial charge < -0.3 is 19.5 Å². The number of hydrogen-bond donors (Lipinski definition) is 1. The highest BCUT2D eigenvalue weighted by Crippen LogP contribution is 2.26. The molecule has 1 fully saturated rings. The highest BCUT2D eigenvalue weighted by Gasteiger charge is 2.16. The molecule has 1 unspecified atom stereocenters. The third-order valence-corrected chi connectivity index (χ3v) is 5.44. The second kappa shape index (κ2) is 10.2. The van der Waals surface area contributed by atoms with Crippen molar-refractivity contribution in [3.05, 3.63) is 70.7 Å². The molecular formula is C23H24N2O4S. The molecule has 2 heterocycles. The van der Waals surface area contributed by atoms with Crippen LogP contribution in [0.15, 0.2) is 59.4 Å². The van der Waals surface area contributed by atoms with Crippen molar-refractivity contribution in [2.45, 2.75) is 32.0 Å². The van der Waals surface area contributed by atoms with Crippen LogP contribution in [0.4, 0.5) is 5.69 Å². The monoisotopic (exact) mass is 424 g/mol. The van der Waals surface area contributed by atoms with Gasteiger partial charge in [0.2, 0.25) is 0 Å². The molecule has 3 aromatic rings. The van der Waals surface area contributed by atoms with Gasteiger partial charge in [0.1, 0.15) is 24.7 Å². The van der Waals surface area contributed by atoms with Crippen molar-refractivity contribution in [1.29, 1.82) is 0 Å². The van der Waals surface area contributed by atoms with E-state index in [1.807, 2.05) is 35.7 Å². The summed E-state index contributed by atoms with van der Waals surface area (Å²) in [5, 5.41) is 4.88. The maximum atomic E-state index is 12.8. The quantitative estimate of drug-likeness (QED) is 0.556. The second-order valence-electron chi connectivity index (χ2n) is 7.05. The van der Waals surface area contributed by atoms with Gasteiger partial charge in [-0.15, -0.1) is 11.3 Å². The number of carbonyl (C=O) groups is 1. The van der Waals surface area contributed by atoms with Crippen molar-refractivity contribution in [3.8, 4) is 11.5 Å². The SMILES string of the molecule is O=C(Nc1ccccc1OCC1CCCCO1)c1cccc(OCc2cscn2)c1. The molecule has 0 aliphatic carbocycles. The largest absolute Gasteiger partial charge is 0.489 e. The minimum absolute atomic E-state index is 0.106. The minimum atomic E-state index is -0.223. The van der Waals surface area contributed by atoms with Crippen molar-refractivity contribution in [2.75, 3.05) is 18.5 Å². The van der Waals surface area contributed by atoms with Gasteiger partial charge in [0.05, 0.1) is 23.0 Å². The second-order valence-corrected chi connectivity index (χ2v) is 7.76. The molecule has 0 saturated carbocycles. The molecule has 1 atom stereocenters. The number of para-hydroxylation sites is 2. The molecule has 1 N–H and O–H groups in total. The van der Waals surface area contributed by atoms with Crippen LogP contribution in [0, 0.1) is 0 Å². The number of aromatic nitrogens is 1. The highest BCUT2D eigenvalue weighted by molar-refractivity contribution is 7.07. The molecule has 6 nitrogen and oxygen atoms in total. The van der Waals surface area contributed by atoms with Crippen LogP contribution >= 0.6 is 11.3 Å². The summed E-state index contributed by atoms with van der Waals surface area (Å²) >= 11 is 1.52. The fourth-order valence-electron chi connectivity index (χ4n) is 3.21. The smallest absolute Gasteiger partial charge is 0.255 e. The number of benzene rings is 2. The van der Waals surface area contributed by atoms with Gasteiger partial charge in [0, 0.05) is 17.6 Å². The average Bonchev–Trinajstić information content (AvgIpc) is 3.32. The lowest BCUT2D eigenvalue weighted by Gasteiger charge is -2.23. The number of carbonyl (C=O) groups excluding carboxylic acids is 1. The summed E-state index contributed by atoms with van der Waals surface area (Å²) in [6, 6.07) is 14.5. The summed E-state index contributed by atoms with van der Waals surface area (Å²) < 4.78 is 17.4. The predicted octanol–water partition coefficient (Wildman–Crippen LogP) is 4.92. The van der Waals surface area contributed by atoms with E-state index in [2.05, 4.69) is 10.3 Å². The number of thiazole rings is 1. The lowest BCUT2D eigenvalue weighted by Crippen LogP contribution is -2.26. The summed E-state index contributed by atoms with van der Waals surface area (Å²) in [6.45, 7) is 1.63. The molecule has 0 spiro atoms. The molecule has 0 radical (unpaired) electrons. The van der Waals surface area contributed by atoms with E-state index in [0.29, 0.717) is 36.0 Å². The van der Waals surface area contributed by atoms with Gasteiger partial charge >= 0.3 is 0 Å². The first-order valence-corrected chi connectivity index (χ1v) is 11.0. The molecular weight excluding hydrogens is 400 g/mol. The Balaban J connectivity index is 1.38. The third kappa shape index (κ3) is 5.58. The Kier molecular flexibility index (Phi) is 6.95. The van der Waals surface area contributed by atoms with Crippen LogP contribution in [0.1, 0.15) is 35.3 Å². The van der Waals surface area contributed by atoms with Crippen molar-refractivity contribution in [1.82, 2.24) is 4.98 Å². The summed E-state index contributed by atoms with van der Waals surface area (Å²) in [7, 11) is 0. The molecule has 4 rings (SSSR count). The van der Waals surface area contributed by atoms with Gasteiger partial charge in [-0.25, -0.2) is 4.98 Å². The Morgan fingerprint density at radius 1 is 1.17 bits per heavy atom. The van der Waals surface area contributed by atoms with Crippen LogP contribution < -0.4 is 14.8 Å². The number of hydrogen-bond acceptors (Lipinski definition) is 6. The zero-order valence-corrected chi connectivity index (χ0v) is 17.4. The molecule has 7 heteroatoms. The number of anilines is 1. The Morgan fingerprint density at radius 3 is 2.93 bits per heavy atom. The van der Waals surface area contributed by atoms with E-state index >= 15 is 0 Å². The number of ether oxygens (including phenoxy) is 3. The lowest BCUT2D eigenvalue weighted by molar-refractivity contribution is -0.0109. The first-order chi connectivity index (χ1) is 14.8. The standard InChI is InChI=1S/C23H24N2O4S/c26-23(17-6-5-8-19(12-17)28-13-18-15-30-16-24-18)25-21-9-1-2-10-22(21)29-14-20-7-3-4-11-27-20/h1-2,5-6,8-10,12,15-16,20H,3-4,7,11,13-14H2,(H,25,26). The first-order valence-electron chi connectivity index (χ1n) is 10.0. The zero-order valence-electron chi connectivity index (χ0n) is 16.6. The summed E-state index contributed by atoms with van der Waals surface area (Å²) in [5.74, 6) is 1.03. The number of nitrogens with zero attached hydrogens (tertiary/aromatic N) is 1. The molecule has 1 saturated heterocycles. The summed E-state index contributed by atoms with van der Waals surface area (Å²) in [5.41, 5.74) is 3.77. The molecule has 1 aliphatic heterocycles. The van der Waals surface area contributed by atoms with Gasteiger partial charge in [-0.2, -0.15) is 0 Å². The Labute approximate surface area is 179 Å². The summed E-state index contributed by atoms with van der Waals surface area (Å²) in [6.07, 6.45) is 3.37. The van der Waals surface area contributed by atoms with Gasteiger partial charge in [0.25, 0.3) is 5.91 Å². The van der Waals surface area contributed by atoms with Crippen LogP contribution in [0.25, 0.3) is 0 Å². The molecule has 1 aromatic heterocycles. The number of nitrogens with one attached hydrogen (secondary N) is 1. The van der Waals surface area contributed by atoms with Crippen LogP contribution in [0.2, 0.25) is 0 Å². The topological polar surface area (TPSA) is 69.7 Å². The van der Waals surface area contributed by atoms with E-state index in [0.717, 1.165) is 31.6 Å². The van der Waals surface area contributed by atoms with E-state index < -0.39 is 0 Å². The van der Waals surface area contributed by atoms with Gasteiger partial charge in [-0.05, 0) is 49.6 Å². The third-order valence-electron chi connectivity index (χ3n) is 4.80. The Hall–Kier alpha value is -2.90. The van der Waals surface area contributed by atoms with Crippen molar-refractivity contribution < 1.29 is 19.0 Å². The highest BCUT2D eigenvalue weighted by atomic mass is 32.1. The fourth-order valence-corrected chi connectivity index (χ4v) is 3.75. The van der Waals surface area contributed by atoms with E-state index in [9.17, 15) is 4.79 Å². The van der Waals surface area contributed by atoms with E-state index in [4.69, 9.17) is 14.2 Å². The minimum Gasteiger partial charge on any atom is -0.489 e. The van der Waals surface area contributed by atoms with E-state index in [1.165, 1.54) is 11.3 Å². The van der Waals surface area contributed by atoms with Crippen LogP contribution in [0.3, 0.4) is 0 Å². The van der Waals surface area contributed by atoms with Crippen LogP contribution in [-0.2, 0) is 11.3 Å². The predicted molar refractivity (Wildman–Crippen MR) is 116 cm³/mol. The van der Waals surface area contributed by atoms with Crippen molar-refractivity contribution in [2.24, 2.45) is 0 Å². The van der Waals surface area contributed by atoms with Gasteiger partial charge in [0.15, 0.2) is 0 Å². The number of amides is 1. The maximum absolute atomic E-state index is 12.8. The fraction of sp³-hybridized carbons (Fsp3) is 0.304. The Morgan fingerprint density at radius 2 is 2.10 bits per heavy atom. The Bertz CT molecular complexity index is 955. The van der Waals surface area contributed by atoms with E-state index in [1.54, 1.807) is 23.7 Å². The first kappa shape index (κ1) is 20.4. The molecule has 1 amide bonds. The normalized spacial score (nSPS) is 16.1. The van der Waals surface area contributed by atoms with Crippen molar-refractivity contribution >= 4 is 22.9 Å². The molecule has 2 aromatic carbocycles. The zero-order chi connectivity index (χ0) is 20.6. The lowest BCUT2D eigenvalue weighted by atomic mass is 10.1. The van der Waals surface area contributed by atoms with Gasteiger partial charge in [-0.3, -0.25) is 4.79 Å². The average molecular weight is 425 g/mol. The van der Waals surface area contributed by atoms with Gasteiger partial charge in [-0.1, -0.05) is 18.2 Å².